The highest BCUT2D eigenvalue weighted by atomic mass is 79.9. The summed E-state index contributed by atoms with van der Waals surface area (Å²) in [5.41, 5.74) is 1.49. The lowest BCUT2D eigenvalue weighted by atomic mass is 9.85. The standard InChI is InChI=1S/C12H14BrNO3/c1-12(7-17-2)6-14(11(15)16)10-5-8(13)3-4-9(10)12/h3-5H,6-7H2,1-2H3,(H,15,16). The first-order valence-corrected chi connectivity index (χ1v) is 6.07. The van der Waals surface area contributed by atoms with Gasteiger partial charge >= 0.3 is 6.09 Å². The molecule has 0 saturated heterocycles. The van der Waals surface area contributed by atoms with Gasteiger partial charge in [-0.05, 0) is 17.7 Å². The zero-order valence-electron chi connectivity index (χ0n) is 9.74. The average Bonchev–Trinajstić information content (AvgIpc) is 2.52. The number of benzene rings is 1. The average molecular weight is 300 g/mol. The Labute approximate surface area is 108 Å². The molecule has 1 N–H and O–H groups in total. The number of fused-ring (bicyclic) bond motifs is 1. The van der Waals surface area contributed by atoms with Crippen LogP contribution < -0.4 is 4.90 Å². The second kappa shape index (κ2) is 4.31. The summed E-state index contributed by atoms with van der Waals surface area (Å²) < 4.78 is 6.09. The van der Waals surface area contributed by atoms with Gasteiger partial charge in [0.15, 0.2) is 0 Å². The summed E-state index contributed by atoms with van der Waals surface area (Å²) in [6.45, 7) is 2.96. The van der Waals surface area contributed by atoms with Crippen molar-refractivity contribution >= 4 is 27.7 Å². The molecule has 1 atom stereocenters. The van der Waals surface area contributed by atoms with Crippen molar-refractivity contribution in [2.75, 3.05) is 25.2 Å². The van der Waals surface area contributed by atoms with Crippen LogP contribution in [0.15, 0.2) is 22.7 Å². The van der Waals surface area contributed by atoms with E-state index in [9.17, 15) is 9.90 Å². The van der Waals surface area contributed by atoms with Gasteiger partial charge in [-0.2, -0.15) is 0 Å². The first kappa shape index (κ1) is 12.4. The van der Waals surface area contributed by atoms with Crippen LogP contribution in [0.3, 0.4) is 0 Å². The number of halogens is 1. The summed E-state index contributed by atoms with van der Waals surface area (Å²) in [6.07, 6.45) is -0.927. The second-order valence-electron chi connectivity index (χ2n) is 4.52. The lowest BCUT2D eigenvalue weighted by Gasteiger charge is -2.23. The van der Waals surface area contributed by atoms with E-state index in [0.29, 0.717) is 13.2 Å². The third-order valence-corrected chi connectivity index (χ3v) is 3.59. The summed E-state index contributed by atoms with van der Waals surface area (Å²) in [5, 5.41) is 9.22. The van der Waals surface area contributed by atoms with Gasteiger partial charge < -0.3 is 9.84 Å². The van der Waals surface area contributed by atoms with Gasteiger partial charge in [0, 0.05) is 23.5 Å². The Kier molecular flexibility index (Phi) is 3.14. The molecule has 0 saturated carbocycles. The number of nitrogens with zero attached hydrogens (tertiary/aromatic N) is 1. The van der Waals surface area contributed by atoms with Crippen LogP contribution in [0, 0.1) is 0 Å². The van der Waals surface area contributed by atoms with Gasteiger partial charge in [-0.25, -0.2) is 4.79 Å². The summed E-state index contributed by atoms with van der Waals surface area (Å²) >= 11 is 3.37. The Morgan fingerprint density at radius 1 is 1.65 bits per heavy atom. The van der Waals surface area contributed by atoms with Gasteiger partial charge in [-0.1, -0.05) is 28.9 Å². The molecule has 17 heavy (non-hydrogen) atoms. The molecule has 1 amide bonds. The van der Waals surface area contributed by atoms with Crippen LogP contribution in [0.25, 0.3) is 0 Å². The summed E-state index contributed by atoms with van der Waals surface area (Å²) in [5.74, 6) is 0. The van der Waals surface area contributed by atoms with Crippen molar-refractivity contribution in [3.05, 3.63) is 28.2 Å². The minimum absolute atomic E-state index is 0.275. The van der Waals surface area contributed by atoms with E-state index in [1.165, 1.54) is 4.90 Å². The zero-order valence-corrected chi connectivity index (χ0v) is 11.3. The van der Waals surface area contributed by atoms with E-state index in [0.717, 1.165) is 15.7 Å². The predicted octanol–water partition coefficient (Wildman–Crippen LogP) is 2.85. The molecule has 0 aromatic heterocycles. The number of anilines is 1. The minimum atomic E-state index is -0.927. The third kappa shape index (κ3) is 2.05. The molecule has 0 bridgehead atoms. The molecule has 5 heteroatoms. The van der Waals surface area contributed by atoms with Crippen LogP contribution in [-0.2, 0) is 10.2 Å². The lowest BCUT2D eigenvalue weighted by Crippen LogP contribution is -2.37. The maximum Gasteiger partial charge on any atom is 0.411 e. The monoisotopic (exact) mass is 299 g/mol. The van der Waals surface area contributed by atoms with Crippen molar-refractivity contribution in [2.24, 2.45) is 0 Å². The zero-order chi connectivity index (χ0) is 12.6. The number of ether oxygens (including phenoxy) is 1. The van der Waals surface area contributed by atoms with Crippen LogP contribution in [0.2, 0.25) is 0 Å². The molecule has 0 spiro atoms. The van der Waals surface area contributed by atoms with Crippen LogP contribution >= 0.6 is 15.9 Å². The minimum Gasteiger partial charge on any atom is -0.465 e. The first-order valence-electron chi connectivity index (χ1n) is 5.27. The van der Waals surface area contributed by atoms with Crippen molar-refractivity contribution in [1.82, 2.24) is 0 Å². The number of hydrogen-bond donors (Lipinski definition) is 1. The van der Waals surface area contributed by atoms with Crippen molar-refractivity contribution in [2.45, 2.75) is 12.3 Å². The second-order valence-corrected chi connectivity index (χ2v) is 5.44. The van der Waals surface area contributed by atoms with E-state index in [1.807, 2.05) is 25.1 Å². The first-order chi connectivity index (χ1) is 7.98. The van der Waals surface area contributed by atoms with Gasteiger partial charge in [0.1, 0.15) is 0 Å². The molecule has 1 aliphatic heterocycles. The van der Waals surface area contributed by atoms with Crippen LogP contribution in [0.4, 0.5) is 10.5 Å². The molecule has 1 aliphatic rings. The number of rotatable bonds is 2. The van der Waals surface area contributed by atoms with Crippen LogP contribution in [0.5, 0.6) is 0 Å². The van der Waals surface area contributed by atoms with E-state index in [1.54, 1.807) is 7.11 Å². The summed E-state index contributed by atoms with van der Waals surface area (Å²) in [7, 11) is 1.63. The fourth-order valence-corrected chi connectivity index (χ4v) is 2.72. The quantitative estimate of drug-likeness (QED) is 0.913. The fraction of sp³-hybridized carbons (Fsp3) is 0.417. The molecule has 0 radical (unpaired) electrons. The van der Waals surface area contributed by atoms with Crippen molar-refractivity contribution in [1.29, 1.82) is 0 Å². The highest BCUT2D eigenvalue weighted by molar-refractivity contribution is 9.10. The maximum atomic E-state index is 11.2. The highest BCUT2D eigenvalue weighted by Gasteiger charge is 2.41. The fourth-order valence-electron chi connectivity index (χ4n) is 2.37. The van der Waals surface area contributed by atoms with Gasteiger partial charge in [-0.15, -0.1) is 0 Å². The Balaban J connectivity index is 2.51. The Hall–Kier alpha value is -1.07. The maximum absolute atomic E-state index is 11.2. The Morgan fingerprint density at radius 3 is 2.94 bits per heavy atom. The number of hydrogen-bond acceptors (Lipinski definition) is 2. The molecule has 0 fully saturated rings. The SMILES string of the molecule is COCC1(C)CN(C(=O)O)c2cc(Br)ccc21. The van der Waals surface area contributed by atoms with Crippen LogP contribution in [0.1, 0.15) is 12.5 Å². The van der Waals surface area contributed by atoms with E-state index in [4.69, 9.17) is 4.74 Å². The molecule has 92 valence electrons. The molecule has 1 unspecified atom stereocenters. The van der Waals surface area contributed by atoms with Gasteiger partial charge in [-0.3, -0.25) is 4.90 Å². The normalized spacial score (nSPS) is 22.6. The van der Waals surface area contributed by atoms with E-state index >= 15 is 0 Å². The summed E-state index contributed by atoms with van der Waals surface area (Å²) in [4.78, 5) is 12.6. The van der Waals surface area contributed by atoms with Gasteiger partial charge in [0.05, 0.1) is 12.3 Å². The molecule has 2 rings (SSSR count). The van der Waals surface area contributed by atoms with E-state index in [2.05, 4.69) is 15.9 Å². The molecule has 1 heterocycles. The van der Waals surface area contributed by atoms with E-state index in [-0.39, 0.29) is 5.41 Å². The van der Waals surface area contributed by atoms with Crippen molar-refractivity contribution in [3.63, 3.8) is 0 Å². The van der Waals surface area contributed by atoms with Crippen molar-refractivity contribution in [3.8, 4) is 0 Å². The number of carbonyl (C=O) groups is 1. The smallest absolute Gasteiger partial charge is 0.411 e. The Bertz CT molecular complexity index is 463. The van der Waals surface area contributed by atoms with Gasteiger partial charge in [0.25, 0.3) is 0 Å². The molecule has 4 nitrogen and oxygen atoms in total. The lowest BCUT2D eigenvalue weighted by molar-refractivity contribution is 0.143. The molecule has 1 aromatic carbocycles. The number of carboxylic acid groups (broad SMARTS) is 1. The Morgan fingerprint density at radius 2 is 2.35 bits per heavy atom. The molecular weight excluding hydrogens is 286 g/mol. The predicted molar refractivity (Wildman–Crippen MR) is 68.7 cm³/mol. The van der Waals surface area contributed by atoms with Gasteiger partial charge in [0.2, 0.25) is 0 Å². The van der Waals surface area contributed by atoms with Crippen molar-refractivity contribution < 1.29 is 14.6 Å². The third-order valence-electron chi connectivity index (χ3n) is 3.10. The molecular formula is C12H14BrNO3. The molecule has 1 aromatic rings. The number of methoxy groups -OCH3 is 1. The summed E-state index contributed by atoms with van der Waals surface area (Å²) in [6, 6.07) is 5.73. The number of amides is 1. The highest BCUT2D eigenvalue weighted by Crippen LogP contribution is 2.42. The topological polar surface area (TPSA) is 49.8 Å². The largest absolute Gasteiger partial charge is 0.465 e. The van der Waals surface area contributed by atoms with E-state index < -0.39 is 6.09 Å². The van der Waals surface area contributed by atoms with Crippen LogP contribution in [-0.4, -0.2) is 31.5 Å². The molecule has 0 aliphatic carbocycles.